The summed E-state index contributed by atoms with van der Waals surface area (Å²) in [6.45, 7) is 15.4. The molecule has 0 aromatic carbocycles. The number of aliphatic imine (C=N–C) groups is 1. The monoisotopic (exact) mass is 506 g/mol. The second kappa shape index (κ2) is 12.0. The van der Waals surface area contributed by atoms with Gasteiger partial charge in [0.1, 0.15) is 17.1 Å². The molecule has 0 amide bonds. The smallest absolute Gasteiger partial charge is 0.191 e. The van der Waals surface area contributed by atoms with Crippen molar-refractivity contribution in [1.82, 2.24) is 15.5 Å². The van der Waals surface area contributed by atoms with Gasteiger partial charge in [0.15, 0.2) is 5.96 Å². The predicted molar refractivity (Wildman–Crippen MR) is 127 cm³/mol. The molecular weight excluding hydrogens is 467 g/mol. The van der Waals surface area contributed by atoms with Crippen LogP contribution in [0.25, 0.3) is 0 Å². The van der Waals surface area contributed by atoms with Gasteiger partial charge in [-0.15, -0.1) is 24.0 Å². The number of aryl methyl sites for hydroxylation is 2. The Bertz CT molecular complexity index is 610. The molecule has 1 fully saturated rings. The van der Waals surface area contributed by atoms with Crippen LogP contribution in [0.2, 0.25) is 0 Å². The zero-order valence-corrected chi connectivity index (χ0v) is 20.5. The number of nitrogens with zero attached hydrogens (tertiary/aromatic N) is 2. The van der Waals surface area contributed by atoms with Crippen LogP contribution in [0.4, 0.5) is 0 Å². The number of rotatable bonds is 8. The van der Waals surface area contributed by atoms with Crippen LogP contribution in [0.15, 0.2) is 15.5 Å². The first kappa shape index (κ1) is 25.2. The largest absolute Gasteiger partial charge is 0.466 e. The minimum atomic E-state index is -1.05. The molecular formula is C21H39IN4O2. The summed E-state index contributed by atoms with van der Waals surface area (Å²) < 4.78 is 5.56. The Morgan fingerprint density at radius 3 is 2.54 bits per heavy atom. The van der Waals surface area contributed by atoms with Crippen LogP contribution in [0.3, 0.4) is 0 Å². The van der Waals surface area contributed by atoms with Crippen molar-refractivity contribution < 1.29 is 9.52 Å². The highest BCUT2D eigenvalue weighted by Gasteiger charge is 2.27. The molecule has 6 nitrogen and oxygen atoms in total. The molecule has 0 saturated carbocycles. The van der Waals surface area contributed by atoms with Gasteiger partial charge in [0, 0.05) is 25.2 Å². The lowest BCUT2D eigenvalue weighted by molar-refractivity contribution is 0.0657. The molecule has 1 aliphatic rings. The van der Waals surface area contributed by atoms with Gasteiger partial charge in [0.2, 0.25) is 0 Å². The summed E-state index contributed by atoms with van der Waals surface area (Å²) >= 11 is 0. The van der Waals surface area contributed by atoms with Crippen LogP contribution >= 0.6 is 24.0 Å². The number of furan rings is 1. The van der Waals surface area contributed by atoms with Crippen LogP contribution in [0, 0.1) is 19.8 Å². The highest BCUT2D eigenvalue weighted by molar-refractivity contribution is 14.0. The fourth-order valence-corrected chi connectivity index (χ4v) is 3.74. The maximum Gasteiger partial charge on any atom is 0.191 e. The number of hydrogen-bond donors (Lipinski definition) is 3. The Hall–Kier alpha value is -0.800. The summed E-state index contributed by atoms with van der Waals surface area (Å²) in [4.78, 5) is 7.18. The van der Waals surface area contributed by atoms with Gasteiger partial charge < -0.3 is 25.1 Å². The SMILES string of the molecule is CCNC(=NCC(C)(O)c1cc(C)oc1C)NCC(C)CN1CCCCC1.I. The number of guanidine groups is 1. The minimum Gasteiger partial charge on any atom is -0.466 e. The number of piperidine rings is 1. The van der Waals surface area contributed by atoms with E-state index in [-0.39, 0.29) is 30.5 Å². The molecule has 2 atom stereocenters. The van der Waals surface area contributed by atoms with E-state index >= 15 is 0 Å². The van der Waals surface area contributed by atoms with Crippen molar-refractivity contribution in [1.29, 1.82) is 0 Å². The van der Waals surface area contributed by atoms with Gasteiger partial charge in [-0.25, -0.2) is 4.99 Å². The maximum atomic E-state index is 10.9. The third-order valence-electron chi connectivity index (χ3n) is 5.15. The molecule has 1 saturated heterocycles. The lowest BCUT2D eigenvalue weighted by Gasteiger charge is -2.29. The molecule has 2 unspecified atom stereocenters. The van der Waals surface area contributed by atoms with Crippen LogP contribution in [0.1, 0.15) is 57.1 Å². The fraction of sp³-hybridized carbons (Fsp3) is 0.762. The predicted octanol–water partition coefficient (Wildman–Crippen LogP) is 3.40. The second-order valence-corrected chi connectivity index (χ2v) is 8.14. The van der Waals surface area contributed by atoms with E-state index < -0.39 is 5.60 Å². The summed E-state index contributed by atoms with van der Waals surface area (Å²) in [6.07, 6.45) is 4.02. The molecule has 162 valence electrons. The summed E-state index contributed by atoms with van der Waals surface area (Å²) in [5.41, 5.74) is -0.248. The van der Waals surface area contributed by atoms with E-state index in [0.717, 1.165) is 42.7 Å². The van der Waals surface area contributed by atoms with Crippen LogP contribution in [-0.4, -0.2) is 55.2 Å². The highest BCUT2D eigenvalue weighted by atomic mass is 127. The van der Waals surface area contributed by atoms with Crippen molar-refractivity contribution in [2.45, 2.75) is 59.5 Å². The van der Waals surface area contributed by atoms with Gasteiger partial charge in [-0.05, 0) is 65.6 Å². The van der Waals surface area contributed by atoms with E-state index in [9.17, 15) is 5.11 Å². The van der Waals surface area contributed by atoms with E-state index in [1.54, 1.807) is 6.92 Å². The number of likely N-dealkylation sites (tertiary alicyclic amines) is 1. The molecule has 1 aromatic rings. The minimum absolute atomic E-state index is 0. The topological polar surface area (TPSA) is 73.0 Å². The first-order chi connectivity index (χ1) is 12.8. The molecule has 28 heavy (non-hydrogen) atoms. The lowest BCUT2D eigenvalue weighted by Crippen LogP contribution is -2.43. The maximum absolute atomic E-state index is 10.9. The molecule has 0 aliphatic carbocycles. The van der Waals surface area contributed by atoms with Gasteiger partial charge in [0.25, 0.3) is 0 Å². The molecule has 0 bridgehead atoms. The van der Waals surface area contributed by atoms with Crippen molar-refractivity contribution in [3.63, 3.8) is 0 Å². The Morgan fingerprint density at radius 1 is 1.29 bits per heavy atom. The second-order valence-electron chi connectivity index (χ2n) is 8.14. The van der Waals surface area contributed by atoms with E-state index in [4.69, 9.17) is 4.42 Å². The number of nitrogens with one attached hydrogen (secondary N) is 2. The van der Waals surface area contributed by atoms with Gasteiger partial charge in [-0.3, -0.25) is 0 Å². The Kier molecular flexibility index (Phi) is 10.8. The van der Waals surface area contributed by atoms with E-state index in [2.05, 4.69) is 34.4 Å². The molecule has 1 aliphatic heterocycles. The van der Waals surface area contributed by atoms with Crippen molar-refractivity contribution >= 4 is 29.9 Å². The standard InChI is InChI=1S/C21H38N4O2.HI/c1-6-22-20(23-13-16(2)14-25-10-8-7-9-11-25)24-15-21(5,26)19-12-17(3)27-18(19)4;/h12,16,26H,6-11,13-15H2,1-5H3,(H2,22,23,24);1H. The Morgan fingerprint density at radius 2 is 1.96 bits per heavy atom. The highest BCUT2D eigenvalue weighted by Crippen LogP contribution is 2.27. The fourth-order valence-electron chi connectivity index (χ4n) is 3.74. The van der Waals surface area contributed by atoms with Crippen molar-refractivity contribution in [2.75, 3.05) is 39.3 Å². The average molecular weight is 506 g/mol. The van der Waals surface area contributed by atoms with Crippen molar-refractivity contribution in [3.05, 3.63) is 23.2 Å². The normalized spacial score (nSPS) is 18.9. The van der Waals surface area contributed by atoms with Crippen molar-refractivity contribution in [2.24, 2.45) is 10.9 Å². The van der Waals surface area contributed by atoms with Gasteiger partial charge in [0.05, 0.1) is 6.54 Å². The lowest BCUT2D eigenvalue weighted by atomic mass is 9.96. The number of aliphatic hydroxyl groups is 1. The molecule has 1 aromatic heterocycles. The van der Waals surface area contributed by atoms with Crippen LogP contribution < -0.4 is 10.6 Å². The average Bonchev–Trinajstić information content (AvgIpc) is 2.97. The van der Waals surface area contributed by atoms with Crippen molar-refractivity contribution in [3.8, 4) is 0 Å². The number of hydrogen-bond acceptors (Lipinski definition) is 4. The first-order valence-corrected chi connectivity index (χ1v) is 10.4. The first-order valence-electron chi connectivity index (χ1n) is 10.4. The van der Waals surface area contributed by atoms with E-state index in [1.807, 2.05) is 19.9 Å². The van der Waals surface area contributed by atoms with Crippen LogP contribution in [0.5, 0.6) is 0 Å². The number of halogens is 1. The van der Waals surface area contributed by atoms with E-state index in [1.165, 1.54) is 32.4 Å². The molecule has 2 heterocycles. The third-order valence-corrected chi connectivity index (χ3v) is 5.15. The van der Waals surface area contributed by atoms with E-state index in [0.29, 0.717) is 5.92 Å². The molecule has 7 heteroatoms. The molecule has 0 spiro atoms. The zero-order valence-electron chi connectivity index (χ0n) is 18.2. The summed E-state index contributed by atoms with van der Waals surface area (Å²) in [6, 6.07) is 1.89. The Labute approximate surface area is 187 Å². The van der Waals surface area contributed by atoms with Crippen LogP contribution in [-0.2, 0) is 5.60 Å². The molecule has 2 rings (SSSR count). The third kappa shape index (κ3) is 7.91. The Balaban J connectivity index is 0.00000392. The zero-order chi connectivity index (χ0) is 19.9. The quantitative estimate of drug-likeness (QED) is 0.287. The molecule has 0 radical (unpaired) electrons. The van der Waals surface area contributed by atoms with Gasteiger partial charge in [-0.1, -0.05) is 13.3 Å². The molecule has 3 N–H and O–H groups in total. The summed E-state index contributed by atoms with van der Waals surface area (Å²) in [7, 11) is 0. The summed E-state index contributed by atoms with van der Waals surface area (Å²) in [5, 5.41) is 17.6. The van der Waals surface area contributed by atoms with Gasteiger partial charge in [-0.2, -0.15) is 0 Å². The summed E-state index contributed by atoms with van der Waals surface area (Å²) in [5.74, 6) is 2.86. The van der Waals surface area contributed by atoms with Gasteiger partial charge >= 0.3 is 0 Å².